The van der Waals surface area contributed by atoms with Gasteiger partial charge in [-0.1, -0.05) is 24.3 Å². The Morgan fingerprint density at radius 1 is 1.00 bits per heavy atom. The number of amides is 1. The number of rotatable bonds is 10. The first-order valence-corrected chi connectivity index (χ1v) is 19.2. The molecule has 4 fully saturated rings. The van der Waals surface area contributed by atoms with E-state index in [0.717, 1.165) is 105 Å². The van der Waals surface area contributed by atoms with Crippen LogP contribution >= 0.6 is 0 Å². The van der Waals surface area contributed by atoms with Crippen molar-refractivity contribution in [3.8, 4) is 5.88 Å². The quantitative estimate of drug-likeness (QED) is 0.169. The van der Waals surface area contributed by atoms with Gasteiger partial charge in [-0.2, -0.15) is 0 Å². The number of likely N-dealkylation sites (tertiary alicyclic amines) is 1. The van der Waals surface area contributed by atoms with Gasteiger partial charge in [0.25, 0.3) is 5.91 Å². The number of piperidine rings is 1. The normalized spacial score (nSPS) is 25.0. The summed E-state index contributed by atoms with van der Waals surface area (Å²) in [6.45, 7) is 6.40. The van der Waals surface area contributed by atoms with Crippen molar-refractivity contribution in [1.82, 2.24) is 40.6 Å². The molecule has 53 heavy (non-hydrogen) atoms. The molecule has 0 bridgehead atoms. The Bertz CT molecular complexity index is 2110. The maximum Gasteiger partial charge on any atom is 0.251 e. The third-order valence-electron chi connectivity index (χ3n) is 12.0. The van der Waals surface area contributed by atoms with E-state index in [1.807, 2.05) is 48.5 Å². The van der Waals surface area contributed by atoms with Crippen molar-refractivity contribution >= 4 is 27.8 Å². The predicted octanol–water partition coefficient (Wildman–Crippen LogP) is 5.63. The molecule has 3 saturated heterocycles. The summed E-state index contributed by atoms with van der Waals surface area (Å²) in [6.07, 6.45) is 7.43. The second-order valence-electron chi connectivity index (χ2n) is 15.3. The molecule has 3 N–H and O–H groups in total. The summed E-state index contributed by atoms with van der Waals surface area (Å²) in [5, 5.41) is 4.08. The first-order valence-electron chi connectivity index (χ1n) is 19.2. The van der Waals surface area contributed by atoms with Crippen molar-refractivity contribution < 1.29 is 18.7 Å². The number of ether oxygens (including phenoxy) is 2. The number of carbonyl (C=O) groups excluding carboxylic acids is 1. The van der Waals surface area contributed by atoms with Crippen LogP contribution in [0.25, 0.3) is 21.9 Å². The van der Waals surface area contributed by atoms with Crippen molar-refractivity contribution in [1.29, 1.82) is 0 Å². The smallest absolute Gasteiger partial charge is 0.251 e. The zero-order valence-electron chi connectivity index (χ0n) is 30.1. The summed E-state index contributed by atoms with van der Waals surface area (Å²) < 4.78 is 28.9. The van der Waals surface area contributed by atoms with Gasteiger partial charge in [0.2, 0.25) is 5.88 Å². The minimum absolute atomic E-state index is 0.0245. The van der Waals surface area contributed by atoms with Crippen LogP contribution in [0.5, 0.6) is 5.88 Å². The molecule has 4 aliphatic rings. The topological polar surface area (TPSA) is 118 Å². The third-order valence-corrected chi connectivity index (χ3v) is 12.0. The number of aromatic nitrogens is 4. The first kappa shape index (κ1) is 34.3. The molecule has 6 heterocycles. The molecule has 9 rings (SSSR count). The van der Waals surface area contributed by atoms with E-state index in [1.54, 1.807) is 0 Å². The number of nitrogens with one attached hydrogen (secondary N) is 3. The Hall–Kier alpha value is -4.49. The maximum absolute atomic E-state index is 14.7. The zero-order chi connectivity index (χ0) is 35.9. The van der Waals surface area contributed by atoms with Crippen molar-refractivity contribution in [3.63, 3.8) is 0 Å². The molecule has 5 atom stereocenters. The number of benzene rings is 2. The lowest BCUT2D eigenvalue weighted by molar-refractivity contribution is -0.0592. The number of para-hydroxylation sites is 1. The van der Waals surface area contributed by atoms with Crippen LogP contribution in [0, 0.1) is 11.7 Å². The fraction of sp³-hybridized carbons (Fsp3) is 0.463. The second kappa shape index (κ2) is 14.7. The molecular formula is C41H47FN8O3. The van der Waals surface area contributed by atoms with Crippen LogP contribution in [0.3, 0.4) is 0 Å². The molecule has 3 aliphatic heterocycles. The Labute approximate surface area is 308 Å². The number of hydrogen-bond acceptors (Lipinski definition) is 9. The number of pyridine rings is 2. The van der Waals surface area contributed by atoms with E-state index in [2.05, 4.69) is 49.7 Å². The monoisotopic (exact) mass is 718 g/mol. The molecular weight excluding hydrogens is 672 g/mol. The summed E-state index contributed by atoms with van der Waals surface area (Å²) in [5.41, 5.74) is 11.6. The minimum Gasteiger partial charge on any atom is -0.473 e. The molecule has 1 aliphatic carbocycles. The highest BCUT2D eigenvalue weighted by Gasteiger charge is 2.38. The molecule has 11 nitrogen and oxygen atoms in total. The van der Waals surface area contributed by atoms with E-state index in [9.17, 15) is 9.18 Å². The lowest BCUT2D eigenvalue weighted by atomic mass is 9.79. The second-order valence-corrected chi connectivity index (χ2v) is 15.3. The number of fused-ring (bicyclic) bond motifs is 3. The number of hydrogen-bond donors (Lipinski definition) is 3. The highest BCUT2D eigenvalue weighted by atomic mass is 19.1. The van der Waals surface area contributed by atoms with Crippen LogP contribution in [-0.4, -0.2) is 74.3 Å². The lowest BCUT2D eigenvalue weighted by Crippen LogP contribution is -2.44. The molecule has 0 spiro atoms. The van der Waals surface area contributed by atoms with E-state index in [-0.39, 0.29) is 30.5 Å². The molecule has 276 valence electrons. The fourth-order valence-electron chi connectivity index (χ4n) is 8.75. The lowest BCUT2D eigenvalue weighted by Gasteiger charge is -2.32. The van der Waals surface area contributed by atoms with Crippen LogP contribution in [0.15, 0.2) is 66.9 Å². The SMILES string of the molecule is CC1NNC2CCC(NC(=O)c3ccc4c(c3)nc(CN3CCC(c5cccc(OCc6c(F)cnc7ccccc67)n5)CC3)n4C[C@@H]3CCO3)CC12. The van der Waals surface area contributed by atoms with Gasteiger partial charge in [-0.05, 0) is 94.8 Å². The largest absolute Gasteiger partial charge is 0.473 e. The fourth-order valence-corrected chi connectivity index (χ4v) is 8.75. The molecule has 1 saturated carbocycles. The number of imidazole rings is 1. The van der Waals surface area contributed by atoms with Crippen LogP contribution < -0.4 is 20.9 Å². The van der Waals surface area contributed by atoms with E-state index < -0.39 is 0 Å². The number of hydrazine groups is 1. The van der Waals surface area contributed by atoms with E-state index >= 15 is 0 Å². The average Bonchev–Trinajstić information content (AvgIpc) is 3.71. The van der Waals surface area contributed by atoms with Crippen LogP contribution in [0.1, 0.15) is 78.8 Å². The van der Waals surface area contributed by atoms with Crippen LogP contribution in [-0.2, 0) is 24.4 Å². The summed E-state index contributed by atoms with van der Waals surface area (Å²) >= 11 is 0. The molecule has 4 unspecified atom stereocenters. The Kier molecular flexibility index (Phi) is 9.53. The molecule has 12 heteroatoms. The van der Waals surface area contributed by atoms with Gasteiger partial charge in [-0.3, -0.25) is 25.5 Å². The summed E-state index contributed by atoms with van der Waals surface area (Å²) in [4.78, 5) is 30.1. The minimum atomic E-state index is -0.380. The van der Waals surface area contributed by atoms with Crippen molar-refractivity contribution in [2.24, 2.45) is 5.92 Å². The molecule has 3 aromatic heterocycles. The van der Waals surface area contributed by atoms with Crippen molar-refractivity contribution in [2.45, 2.75) is 95.3 Å². The average molecular weight is 719 g/mol. The standard InChI is InChI=1S/C41H47FN8O3/c1-25-31-20-28(10-11-36(31)48-47-25)44-41(51)27-9-12-38-37(19-27)45-39(50(38)22-29-15-18-52-29)23-49-16-13-26(14-17-49)34-7-4-8-40(46-34)53-24-32-30-5-2-3-6-35(30)43-21-33(32)42/h2-9,12,19,21,25-26,28-29,31,36,47-48H,10-11,13-18,20,22-24H2,1H3,(H,44,51)/t25?,28?,29-,31?,36?/m0/s1. The molecule has 0 radical (unpaired) electrons. The third kappa shape index (κ3) is 7.13. The van der Waals surface area contributed by atoms with Gasteiger partial charge >= 0.3 is 0 Å². The van der Waals surface area contributed by atoms with Gasteiger partial charge in [-0.25, -0.2) is 14.4 Å². The molecule has 2 aromatic carbocycles. The van der Waals surface area contributed by atoms with Gasteiger partial charge < -0.3 is 19.4 Å². The Morgan fingerprint density at radius 3 is 2.72 bits per heavy atom. The van der Waals surface area contributed by atoms with Crippen molar-refractivity contribution in [2.75, 3.05) is 19.7 Å². The molecule has 1 amide bonds. The van der Waals surface area contributed by atoms with E-state index in [1.165, 1.54) is 6.20 Å². The van der Waals surface area contributed by atoms with E-state index in [0.29, 0.717) is 40.9 Å². The highest BCUT2D eigenvalue weighted by Crippen LogP contribution is 2.32. The summed E-state index contributed by atoms with van der Waals surface area (Å²) in [7, 11) is 0. The van der Waals surface area contributed by atoms with Gasteiger partial charge in [0.15, 0.2) is 0 Å². The van der Waals surface area contributed by atoms with Gasteiger partial charge in [0.1, 0.15) is 18.2 Å². The Balaban J connectivity index is 0.850. The van der Waals surface area contributed by atoms with Crippen LogP contribution in [0.4, 0.5) is 4.39 Å². The van der Waals surface area contributed by atoms with Crippen LogP contribution in [0.2, 0.25) is 0 Å². The first-order chi connectivity index (χ1) is 25.9. The van der Waals surface area contributed by atoms with Gasteiger partial charge in [0, 0.05) is 58.9 Å². The maximum atomic E-state index is 14.7. The zero-order valence-corrected chi connectivity index (χ0v) is 30.1. The Morgan fingerprint density at radius 2 is 1.87 bits per heavy atom. The summed E-state index contributed by atoms with van der Waals surface area (Å²) in [6, 6.07) is 20.4. The number of carbonyl (C=O) groups is 1. The van der Waals surface area contributed by atoms with E-state index in [4.69, 9.17) is 19.4 Å². The predicted molar refractivity (Wildman–Crippen MR) is 200 cm³/mol. The highest BCUT2D eigenvalue weighted by molar-refractivity contribution is 5.97. The van der Waals surface area contributed by atoms with Gasteiger partial charge in [0.05, 0.1) is 41.9 Å². The van der Waals surface area contributed by atoms with Crippen molar-refractivity contribution in [3.05, 3.63) is 95.3 Å². The van der Waals surface area contributed by atoms with Gasteiger partial charge in [-0.15, -0.1) is 0 Å². The number of nitrogens with zero attached hydrogens (tertiary/aromatic N) is 5. The summed E-state index contributed by atoms with van der Waals surface area (Å²) in [5.74, 6) is 1.93. The molecule has 5 aromatic rings. The number of halogens is 1.